The van der Waals surface area contributed by atoms with Crippen molar-refractivity contribution in [2.24, 2.45) is 0 Å². The second-order valence-corrected chi connectivity index (χ2v) is 5.79. The average molecular weight is 291 g/mol. The first-order valence-electron chi connectivity index (χ1n) is 4.90. The van der Waals surface area contributed by atoms with Crippen LogP contribution in [0.1, 0.15) is 0 Å². The van der Waals surface area contributed by atoms with E-state index in [1.165, 1.54) is 0 Å². The molecule has 2 aromatic rings. The molecule has 9 heteroatoms. The number of aromatic nitrogens is 2. The van der Waals surface area contributed by atoms with Crippen LogP contribution in [-0.4, -0.2) is 24.9 Å². The monoisotopic (exact) mass is 291 g/mol. The summed E-state index contributed by atoms with van der Waals surface area (Å²) in [4.78, 5) is -1.31. The van der Waals surface area contributed by atoms with Crippen LogP contribution in [-0.2, 0) is 9.84 Å². The van der Waals surface area contributed by atoms with Gasteiger partial charge in [0.2, 0.25) is 0 Å². The van der Waals surface area contributed by atoms with E-state index in [4.69, 9.17) is 5.73 Å². The van der Waals surface area contributed by atoms with E-state index in [0.717, 1.165) is 6.20 Å². The zero-order valence-corrected chi connectivity index (χ0v) is 10.4. The summed E-state index contributed by atoms with van der Waals surface area (Å²) >= 11 is 0. The van der Waals surface area contributed by atoms with Crippen molar-refractivity contribution in [1.29, 1.82) is 0 Å². The van der Waals surface area contributed by atoms with Crippen molar-refractivity contribution in [1.82, 2.24) is 10.2 Å². The Bertz CT molecular complexity index is 756. The molecule has 5 nitrogen and oxygen atoms in total. The van der Waals surface area contributed by atoms with Gasteiger partial charge in [0.25, 0.3) is 0 Å². The number of aromatic amines is 1. The molecule has 0 unspecified atom stereocenters. The topological polar surface area (TPSA) is 88.8 Å². The fourth-order valence-corrected chi connectivity index (χ4v) is 2.45. The fourth-order valence-electron chi connectivity index (χ4n) is 1.63. The minimum atomic E-state index is -4.23. The summed E-state index contributed by atoms with van der Waals surface area (Å²) < 4.78 is 63.5. The van der Waals surface area contributed by atoms with Gasteiger partial charge in [0.1, 0.15) is 16.5 Å². The van der Waals surface area contributed by atoms with Crippen LogP contribution in [0.2, 0.25) is 0 Å². The van der Waals surface area contributed by atoms with Gasteiger partial charge in [0, 0.05) is 17.4 Å². The Morgan fingerprint density at radius 1 is 1.21 bits per heavy atom. The summed E-state index contributed by atoms with van der Waals surface area (Å²) in [5, 5.41) is 5.77. The maximum Gasteiger partial charge on any atom is 0.181 e. The lowest BCUT2D eigenvalue weighted by Gasteiger charge is -2.08. The quantitative estimate of drug-likeness (QED) is 0.820. The van der Waals surface area contributed by atoms with Gasteiger partial charge >= 0.3 is 0 Å². The molecule has 0 amide bonds. The van der Waals surface area contributed by atoms with Crippen molar-refractivity contribution in [3.63, 3.8) is 0 Å². The highest BCUT2D eigenvalue weighted by Crippen LogP contribution is 2.32. The number of hydrogen-bond donors (Lipinski definition) is 2. The molecular formula is C10H8F3N3O2S. The van der Waals surface area contributed by atoms with Crippen LogP contribution in [0.3, 0.4) is 0 Å². The van der Waals surface area contributed by atoms with E-state index in [1.807, 2.05) is 0 Å². The van der Waals surface area contributed by atoms with E-state index in [1.54, 1.807) is 0 Å². The van der Waals surface area contributed by atoms with Crippen LogP contribution in [0.15, 0.2) is 17.2 Å². The SMILES string of the molecule is CS(=O)(=O)c1c(F)cc(-c2cn[nH]c2N)c(F)c1F. The van der Waals surface area contributed by atoms with E-state index < -0.39 is 37.7 Å². The van der Waals surface area contributed by atoms with Crippen molar-refractivity contribution < 1.29 is 21.6 Å². The summed E-state index contributed by atoms with van der Waals surface area (Å²) in [6, 6.07) is 0.565. The van der Waals surface area contributed by atoms with Crippen molar-refractivity contribution in [3.05, 3.63) is 29.7 Å². The Balaban J connectivity index is 2.80. The second kappa shape index (κ2) is 4.26. The molecule has 1 heterocycles. The van der Waals surface area contributed by atoms with Gasteiger partial charge in [-0.3, -0.25) is 5.10 Å². The first-order chi connectivity index (χ1) is 8.73. The predicted octanol–water partition coefficient (Wildman–Crippen LogP) is 1.48. The van der Waals surface area contributed by atoms with Gasteiger partial charge in [-0.05, 0) is 6.07 Å². The Morgan fingerprint density at radius 2 is 1.84 bits per heavy atom. The molecule has 0 bridgehead atoms. The van der Waals surface area contributed by atoms with Gasteiger partial charge in [0.05, 0.1) is 6.20 Å². The molecule has 0 spiro atoms. The number of hydrogen-bond acceptors (Lipinski definition) is 4. The molecule has 0 fully saturated rings. The number of sulfone groups is 1. The van der Waals surface area contributed by atoms with Crippen LogP contribution in [0, 0.1) is 17.5 Å². The maximum absolute atomic E-state index is 13.8. The smallest absolute Gasteiger partial charge is 0.181 e. The van der Waals surface area contributed by atoms with Crippen molar-refractivity contribution >= 4 is 15.7 Å². The number of anilines is 1. The Kier molecular flexibility index (Phi) is 3.01. The van der Waals surface area contributed by atoms with Crippen LogP contribution in [0.25, 0.3) is 11.1 Å². The molecule has 2 rings (SSSR count). The highest BCUT2D eigenvalue weighted by atomic mass is 32.2. The number of benzene rings is 1. The third-order valence-electron chi connectivity index (χ3n) is 2.45. The zero-order valence-electron chi connectivity index (χ0n) is 9.54. The van der Waals surface area contributed by atoms with Gasteiger partial charge < -0.3 is 5.73 Å². The third kappa shape index (κ3) is 2.16. The minimum Gasteiger partial charge on any atom is -0.384 e. The molecule has 0 saturated carbocycles. The Labute approximate surface area is 106 Å². The normalized spacial score (nSPS) is 11.8. The molecule has 0 aliphatic heterocycles. The van der Waals surface area contributed by atoms with Gasteiger partial charge in [-0.2, -0.15) is 5.10 Å². The lowest BCUT2D eigenvalue weighted by atomic mass is 10.1. The van der Waals surface area contributed by atoms with Crippen LogP contribution < -0.4 is 5.73 Å². The van der Waals surface area contributed by atoms with E-state index in [9.17, 15) is 21.6 Å². The molecule has 19 heavy (non-hydrogen) atoms. The third-order valence-corrected chi connectivity index (χ3v) is 3.56. The minimum absolute atomic E-state index is 0.0599. The first-order valence-corrected chi connectivity index (χ1v) is 6.79. The number of nitrogens with zero attached hydrogens (tertiary/aromatic N) is 1. The lowest BCUT2D eigenvalue weighted by Crippen LogP contribution is -2.08. The van der Waals surface area contributed by atoms with Gasteiger partial charge in [0.15, 0.2) is 21.5 Å². The molecule has 0 saturated heterocycles. The van der Waals surface area contributed by atoms with Crippen LogP contribution in [0.4, 0.5) is 19.0 Å². The molecule has 102 valence electrons. The number of H-pyrrole nitrogens is 1. The molecule has 1 aromatic heterocycles. The number of halogens is 3. The van der Waals surface area contributed by atoms with Crippen molar-refractivity contribution in [2.75, 3.05) is 12.0 Å². The van der Waals surface area contributed by atoms with E-state index in [2.05, 4.69) is 10.2 Å². The highest BCUT2D eigenvalue weighted by molar-refractivity contribution is 7.90. The highest BCUT2D eigenvalue weighted by Gasteiger charge is 2.27. The van der Waals surface area contributed by atoms with Gasteiger partial charge in [-0.15, -0.1) is 0 Å². The molecule has 0 aliphatic rings. The molecule has 0 aliphatic carbocycles. The van der Waals surface area contributed by atoms with Gasteiger partial charge in [-0.1, -0.05) is 0 Å². The second-order valence-electron chi connectivity index (χ2n) is 3.83. The Hall–Kier alpha value is -2.03. The van der Waals surface area contributed by atoms with E-state index in [-0.39, 0.29) is 11.4 Å². The summed E-state index contributed by atoms with van der Waals surface area (Å²) in [6.07, 6.45) is 1.66. The summed E-state index contributed by atoms with van der Waals surface area (Å²) in [7, 11) is -4.23. The molecule has 0 radical (unpaired) electrons. The summed E-state index contributed by atoms with van der Waals surface area (Å²) in [5.74, 6) is -4.77. The van der Waals surface area contributed by atoms with Gasteiger partial charge in [-0.25, -0.2) is 21.6 Å². The Morgan fingerprint density at radius 3 is 2.32 bits per heavy atom. The summed E-state index contributed by atoms with van der Waals surface area (Å²) in [6.45, 7) is 0. The molecule has 3 N–H and O–H groups in total. The van der Waals surface area contributed by atoms with E-state index >= 15 is 0 Å². The fraction of sp³-hybridized carbons (Fsp3) is 0.100. The number of rotatable bonds is 2. The largest absolute Gasteiger partial charge is 0.384 e. The zero-order chi connectivity index (χ0) is 14.4. The standard InChI is InChI=1S/C10H8F3N3O2S/c1-19(17,18)9-6(11)2-4(7(12)8(9)13)5-3-15-16-10(5)14/h2-3H,1H3,(H3,14,15,16). The number of nitrogens with one attached hydrogen (secondary N) is 1. The first kappa shape index (κ1) is 13.4. The molecule has 1 aromatic carbocycles. The maximum atomic E-state index is 13.8. The lowest BCUT2D eigenvalue weighted by molar-refractivity contribution is 0.462. The average Bonchev–Trinajstić information content (AvgIpc) is 2.68. The van der Waals surface area contributed by atoms with Crippen molar-refractivity contribution in [2.45, 2.75) is 4.90 Å². The van der Waals surface area contributed by atoms with Crippen molar-refractivity contribution in [3.8, 4) is 11.1 Å². The summed E-state index contributed by atoms with van der Waals surface area (Å²) in [5.41, 5.74) is 4.85. The number of nitrogen functional groups attached to an aromatic ring is 1. The van der Waals surface area contributed by atoms with Crippen LogP contribution >= 0.6 is 0 Å². The molecular weight excluding hydrogens is 283 g/mol. The van der Waals surface area contributed by atoms with Crippen LogP contribution in [0.5, 0.6) is 0 Å². The number of nitrogens with two attached hydrogens (primary N) is 1. The predicted molar refractivity (Wildman–Crippen MR) is 61.4 cm³/mol. The molecule has 0 atom stereocenters. The van der Waals surface area contributed by atoms with E-state index in [0.29, 0.717) is 12.3 Å².